The molecule has 2 N–H and O–H groups in total. The molecule has 0 aromatic carbocycles. The third kappa shape index (κ3) is 2.31. The largest absolute Gasteiger partial charge is 0.325 e. The molecule has 84 valence electrons. The number of hydrogen-bond donors (Lipinski definition) is 1. The van der Waals surface area contributed by atoms with Crippen LogP contribution in [-0.2, 0) is 0 Å². The van der Waals surface area contributed by atoms with Crippen LogP contribution in [0.1, 0.15) is 59.8 Å². The molecule has 1 atom stereocenters. The molecule has 0 heterocycles. The fraction of sp³-hybridized carbons (Fsp3) is 1.00. The Bertz CT molecular complexity index is 168. The van der Waals surface area contributed by atoms with Crippen molar-refractivity contribution in [3.8, 4) is 0 Å². The third-order valence-corrected chi connectivity index (χ3v) is 4.46. The Hall–Kier alpha value is -0.0400. The third-order valence-electron chi connectivity index (χ3n) is 4.46. The van der Waals surface area contributed by atoms with E-state index in [4.69, 9.17) is 5.73 Å². The number of nitrogens with two attached hydrogens (primary N) is 1. The van der Waals surface area contributed by atoms with Crippen LogP contribution in [0.5, 0.6) is 0 Å². The molecule has 0 spiro atoms. The Morgan fingerprint density at radius 2 is 1.71 bits per heavy atom. The van der Waals surface area contributed by atoms with Crippen LogP contribution in [0, 0.1) is 17.8 Å². The molecule has 0 aromatic rings. The van der Waals surface area contributed by atoms with Crippen LogP contribution < -0.4 is 5.73 Å². The first-order valence-corrected chi connectivity index (χ1v) is 6.29. The molecule has 0 amide bonds. The van der Waals surface area contributed by atoms with Gasteiger partial charge in [-0.15, -0.1) is 0 Å². The van der Waals surface area contributed by atoms with Crippen LogP contribution in [0.4, 0.5) is 0 Å². The van der Waals surface area contributed by atoms with E-state index in [1.807, 2.05) is 0 Å². The zero-order chi connectivity index (χ0) is 10.8. The summed E-state index contributed by atoms with van der Waals surface area (Å²) in [4.78, 5) is 0. The van der Waals surface area contributed by atoms with Crippen molar-refractivity contribution in [3.63, 3.8) is 0 Å². The molecule has 1 unspecified atom stereocenters. The minimum Gasteiger partial charge on any atom is -0.325 e. The number of rotatable bonds is 3. The topological polar surface area (TPSA) is 26.0 Å². The van der Waals surface area contributed by atoms with Gasteiger partial charge < -0.3 is 5.73 Å². The van der Waals surface area contributed by atoms with Gasteiger partial charge in [-0.2, -0.15) is 0 Å². The monoisotopic (exact) mass is 197 g/mol. The van der Waals surface area contributed by atoms with Crippen LogP contribution in [0.25, 0.3) is 0 Å². The Morgan fingerprint density at radius 1 is 1.21 bits per heavy atom. The lowest BCUT2D eigenvalue weighted by atomic mass is 9.67. The quantitative estimate of drug-likeness (QED) is 0.735. The van der Waals surface area contributed by atoms with Gasteiger partial charge in [0, 0.05) is 5.54 Å². The van der Waals surface area contributed by atoms with E-state index in [1.165, 1.54) is 25.7 Å². The van der Waals surface area contributed by atoms with Crippen molar-refractivity contribution >= 4 is 0 Å². The second-order valence-electron chi connectivity index (χ2n) is 5.58. The molecule has 1 fully saturated rings. The molecule has 1 nitrogen and oxygen atoms in total. The fourth-order valence-electron chi connectivity index (χ4n) is 2.97. The Labute approximate surface area is 89.5 Å². The maximum absolute atomic E-state index is 6.56. The molecule has 1 aliphatic carbocycles. The van der Waals surface area contributed by atoms with Gasteiger partial charge in [0.15, 0.2) is 0 Å². The summed E-state index contributed by atoms with van der Waals surface area (Å²) in [6.07, 6.45) is 6.60. The van der Waals surface area contributed by atoms with Crippen LogP contribution in [0.15, 0.2) is 0 Å². The molecule has 1 rings (SSSR count). The summed E-state index contributed by atoms with van der Waals surface area (Å²) in [6.45, 7) is 9.18. The Balaban J connectivity index is 2.61. The van der Waals surface area contributed by atoms with E-state index in [9.17, 15) is 0 Å². The van der Waals surface area contributed by atoms with E-state index in [-0.39, 0.29) is 5.54 Å². The SMILES string of the molecule is CCC(N)(C(C)C)C1CCC(C)CC1. The molecular formula is C13H27N. The Kier molecular flexibility index (Phi) is 4.00. The van der Waals surface area contributed by atoms with Crippen molar-refractivity contribution in [2.24, 2.45) is 23.5 Å². The van der Waals surface area contributed by atoms with E-state index < -0.39 is 0 Å². The molecule has 1 saturated carbocycles. The summed E-state index contributed by atoms with van der Waals surface area (Å²) >= 11 is 0. The first-order chi connectivity index (χ1) is 6.50. The number of hydrogen-bond acceptors (Lipinski definition) is 1. The van der Waals surface area contributed by atoms with E-state index in [0.717, 1.165) is 18.3 Å². The second-order valence-corrected chi connectivity index (χ2v) is 5.58. The summed E-state index contributed by atoms with van der Waals surface area (Å²) in [5, 5.41) is 0. The molecule has 1 aliphatic rings. The molecule has 14 heavy (non-hydrogen) atoms. The van der Waals surface area contributed by atoms with Crippen molar-refractivity contribution < 1.29 is 0 Å². The molecule has 1 heteroatoms. The maximum Gasteiger partial charge on any atom is 0.0203 e. The minimum absolute atomic E-state index is 0.0974. The average Bonchev–Trinajstić information content (AvgIpc) is 2.17. The standard InChI is InChI=1S/C13H27N/c1-5-13(14,10(2)3)12-8-6-11(4)7-9-12/h10-12H,5-9,14H2,1-4H3. The van der Waals surface area contributed by atoms with Gasteiger partial charge in [-0.3, -0.25) is 0 Å². The van der Waals surface area contributed by atoms with E-state index in [0.29, 0.717) is 5.92 Å². The van der Waals surface area contributed by atoms with Crippen molar-refractivity contribution in [1.29, 1.82) is 0 Å². The highest BCUT2D eigenvalue weighted by molar-refractivity contribution is 4.94. The lowest BCUT2D eigenvalue weighted by Gasteiger charge is -2.43. The van der Waals surface area contributed by atoms with Crippen LogP contribution in [-0.4, -0.2) is 5.54 Å². The zero-order valence-electron chi connectivity index (χ0n) is 10.3. The van der Waals surface area contributed by atoms with E-state index in [2.05, 4.69) is 27.7 Å². The maximum atomic E-state index is 6.56. The highest BCUT2D eigenvalue weighted by atomic mass is 14.8. The highest BCUT2D eigenvalue weighted by Gasteiger charge is 2.37. The van der Waals surface area contributed by atoms with Gasteiger partial charge in [-0.1, -0.05) is 40.5 Å². The van der Waals surface area contributed by atoms with Gasteiger partial charge in [0.1, 0.15) is 0 Å². The molecule has 0 aliphatic heterocycles. The summed E-state index contributed by atoms with van der Waals surface area (Å²) in [5.41, 5.74) is 6.66. The molecule has 0 radical (unpaired) electrons. The minimum atomic E-state index is 0.0974. The van der Waals surface area contributed by atoms with Crippen molar-refractivity contribution in [2.45, 2.75) is 65.3 Å². The smallest absolute Gasteiger partial charge is 0.0203 e. The average molecular weight is 197 g/mol. The van der Waals surface area contributed by atoms with Crippen molar-refractivity contribution in [1.82, 2.24) is 0 Å². The van der Waals surface area contributed by atoms with Gasteiger partial charge in [0.25, 0.3) is 0 Å². The predicted molar refractivity (Wildman–Crippen MR) is 63.2 cm³/mol. The lowest BCUT2D eigenvalue weighted by Crippen LogP contribution is -2.52. The zero-order valence-corrected chi connectivity index (χ0v) is 10.3. The highest BCUT2D eigenvalue weighted by Crippen LogP contribution is 2.39. The molecule has 0 saturated heterocycles. The van der Waals surface area contributed by atoms with Gasteiger partial charge in [0.2, 0.25) is 0 Å². The molecule has 0 aromatic heterocycles. The lowest BCUT2D eigenvalue weighted by molar-refractivity contribution is 0.130. The molecular weight excluding hydrogens is 170 g/mol. The van der Waals surface area contributed by atoms with Gasteiger partial charge in [0.05, 0.1) is 0 Å². The van der Waals surface area contributed by atoms with E-state index >= 15 is 0 Å². The predicted octanol–water partition coefficient (Wildman–Crippen LogP) is 3.58. The fourth-order valence-corrected chi connectivity index (χ4v) is 2.97. The summed E-state index contributed by atoms with van der Waals surface area (Å²) in [7, 11) is 0. The summed E-state index contributed by atoms with van der Waals surface area (Å²) < 4.78 is 0. The van der Waals surface area contributed by atoms with Crippen LogP contribution >= 0.6 is 0 Å². The van der Waals surface area contributed by atoms with Gasteiger partial charge in [-0.25, -0.2) is 0 Å². The normalized spacial score (nSPS) is 33.0. The summed E-state index contributed by atoms with van der Waals surface area (Å²) in [6, 6.07) is 0. The van der Waals surface area contributed by atoms with Gasteiger partial charge in [-0.05, 0) is 37.0 Å². The van der Waals surface area contributed by atoms with Crippen LogP contribution in [0.2, 0.25) is 0 Å². The van der Waals surface area contributed by atoms with Crippen molar-refractivity contribution in [2.75, 3.05) is 0 Å². The first kappa shape index (κ1) is 12.0. The van der Waals surface area contributed by atoms with Gasteiger partial charge >= 0.3 is 0 Å². The Morgan fingerprint density at radius 3 is 2.07 bits per heavy atom. The van der Waals surface area contributed by atoms with E-state index in [1.54, 1.807) is 0 Å². The summed E-state index contributed by atoms with van der Waals surface area (Å²) in [5.74, 6) is 2.31. The van der Waals surface area contributed by atoms with Crippen LogP contribution in [0.3, 0.4) is 0 Å². The first-order valence-electron chi connectivity index (χ1n) is 6.29. The van der Waals surface area contributed by atoms with Crippen molar-refractivity contribution in [3.05, 3.63) is 0 Å². The second kappa shape index (κ2) is 4.65. The molecule has 0 bridgehead atoms.